The molecule has 1 unspecified atom stereocenters. The zero-order valence-corrected chi connectivity index (χ0v) is 14.6. The fourth-order valence-electron chi connectivity index (χ4n) is 3.21. The predicted octanol–water partition coefficient (Wildman–Crippen LogP) is 4.15. The fraction of sp³-hybridized carbons (Fsp3) is 0.350. The lowest BCUT2D eigenvalue weighted by Crippen LogP contribution is -2.29. The molecule has 0 bridgehead atoms. The van der Waals surface area contributed by atoms with E-state index in [2.05, 4.69) is 9.89 Å². The van der Waals surface area contributed by atoms with Crippen LogP contribution < -0.4 is 9.47 Å². The molecule has 1 fully saturated rings. The van der Waals surface area contributed by atoms with Gasteiger partial charge in [-0.15, -0.1) is 0 Å². The van der Waals surface area contributed by atoms with E-state index in [0.717, 1.165) is 23.3 Å². The van der Waals surface area contributed by atoms with Crippen LogP contribution >= 0.6 is 0 Å². The molecule has 0 aliphatic carbocycles. The van der Waals surface area contributed by atoms with E-state index in [1.54, 1.807) is 12.1 Å². The first kappa shape index (κ1) is 17.7. The van der Waals surface area contributed by atoms with Gasteiger partial charge in [-0.05, 0) is 23.8 Å². The van der Waals surface area contributed by atoms with Crippen molar-refractivity contribution >= 4 is 5.71 Å². The van der Waals surface area contributed by atoms with Crippen LogP contribution in [0, 0.1) is 0 Å². The molecule has 0 saturated carbocycles. The number of rotatable bonds is 6. The van der Waals surface area contributed by atoms with Gasteiger partial charge in [0.1, 0.15) is 6.61 Å². The maximum absolute atomic E-state index is 12.7. The topological polar surface area (TPSA) is 49.3 Å². The number of alkyl halides is 2. The summed E-state index contributed by atoms with van der Waals surface area (Å²) < 4.78 is 41.2. The molecular formula is C20H19F2NO4. The average Bonchev–Trinajstić information content (AvgIpc) is 3.31. The number of oxime groups is 1. The Balaban J connectivity index is 1.54. The van der Waals surface area contributed by atoms with Gasteiger partial charge in [0.05, 0.1) is 18.9 Å². The van der Waals surface area contributed by atoms with Gasteiger partial charge in [0.25, 0.3) is 0 Å². The molecule has 1 atom stereocenters. The normalized spacial score (nSPS) is 21.4. The molecule has 0 aromatic heterocycles. The van der Waals surface area contributed by atoms with Gasteiger partial charge in [0.15, 0.2) is 17.1 Å². The summed E-state index contributed by atoms with van der Waals surface area (Å²) in [4.78, 5) is 5.60. The molecule has 27 heavy (non-hydrogen) atoms. The van der Waals surface area contributed by atoms with E-state index in [1.807, 2.05) is 30.3 Å². The Labute approximate surface area is 155 Å². The molecule has 2 aliphatic rings. The molecule has 7 heteroatoms. The van der Waals surface area contributed by atoms with Gasteiger partial charge in [0.2, 0.25) is 0 Å². The quantitative estimate of drug-likeness (QED) is 0.761. The highest BCUT2D eigenvalue weighted by Gasteiger charge is 2.43. The third-order valence-electron chi connectivity index (χ3n) is 4.64. The molecule has 0 N–H and O–H groups in total. The summed E-state index contributed by atoms with van der Waals surface area (Å²) in [5.41, 5.74) is 2.02. The van der Waals surface area contributed by atoms with Crippen LogP contribution in [-0.4, -0.2) is 31.1 Å². The third-order valence-corrected chi connectivity index (χ3v) is 4.64. The minimum Gasteiger partial charge on any atom is -0.485 e. The number of ether oxygens (including phenoxy) is 3. The Morgan fingerprint density at radius 1 is 1.11 bits per heavy atom. The minimum atomic E-state index is -2.93. The first-order valence-electron chi connectivity index (χ1n) is 8.72. The van der Waals surface area contributed by atoms with Gasteiger partial charge in [0, 0.05) is 18.4 Å². The highest BCUT2D eigenvalue weighted by atomic mass is 19.3. The van der Waals surface area contributed by atoms with E-state index in [1.165, 1.54) is 6.07 Å². The second kappa shape index (κ2) is 7.52. The molecular weight excluding hydrogens is 356 g/mol. The highest BCUT2D eigenvalue weighted by Crippen LogP contribution is 2.36. The summed E-state index contributed by atoms with van der Waals surface area (Å²) in [5.74, 6) is 0.228. The molecule has 1 spiro atoms. The van der Waals surface area contributed by atoms with Crippen molar-refractivity contribution in [3.05, 3.63) is 59.7 Å². The van der Waals surface area contributed by atoms with E-state index in [9.17, 15) is 8.78 Å². The van der Waals surface area contributed by atoms with E-state index in [-0.39, 0.29) is 18.1 Å². The SMILES string of the molecule is FC(F)Oc1ccc(C2=NOC3(CCOC3)C2)cc1OCc1ccccc1. The molecule has 0 amide bonds. The van der Waals surface area contributed by atoms with Crippen molar-refractivity contribution in [2.24, 2.45) is 5.16 Å². The number of hydrogen-bond donors (Lipinski definition) is 0. The van der Waals surface area contributed by atoms with Crippen LogP contribution in [-0.2, 0) is 16.2 Å². The first-order valence-corrected chi connectivity index (χ1v) is 8.72. The van der Waals surface area contributed by atoms with Crippen molar-refractivity contribution in [1.29, 1.82) is 0 Å². The Bertz CT molecular complexity index is 820. The molecule has 2 aliphatic heterocycles. The third kappa shape index (κ3) is 4.03. The molecule has 2 aromatic carbocycles. The van der Waals surface area contributed by atoms with Crippen LogP contribution in [0.5, 0.6) is 11.5 Å². The molecule has 5 nitrogen and oxygen atoms in total. The van der Waals surface area contributed by atoms with Crippen LogP contribution in [0.2, 0.25) is 0 Å². The number of benzene rings is 2. The van der Waals surface area contributed by atoms with Crippen LogP contribution in [0.1, 0.15) is 24.0 Å². The molecule has 4 rings (SSSR count). The van der Waals surface area contributed by atoms with Crippen molar-refractivity contribution in [3.63, 3.8) is 0 Å². The van der Waals surface area contributed by atoms with Crippen LogP contribution in [0.15, 0.2) is 53.7 Å². The second-order valence-corrected chi connectivity index (χ2v) is 6.61. The maximum atomic E-state index is 12.7. The van der Waals surface area contributed by atoms with Crippen molar-refractivity contribution in [1.82, 2.24) is 0 Å². The lowest BCUT2D eigenvalue weighted by atomic mass is 9.93. The molecule has 0 radical (unpaired) electrons. The van der Waals surface area contributed by atoms with E-state index < -0.39 is 12.2 Å². The molecule has 2 aromatic rings. The Morgan fingerprint density at radius 3 is 2.70 bits per heavy atom. The second-order valence-electron chi connectivity index (χ2n) is 6.61. The number of nitrogens with zero attached hydrogens (tertiary/aromatic N) is 1. The summed E-state index contributed by atoms with van der Waals surface area (Å²) in [5, 5.41) is 4.18. The van der Waals surface area contributed by atoms with Gasteiger partial charge in [-0.2, -0.15) is 8.78 Å². The average molecular weight is 375 g/mol. The van der Waals surface area contributed by atoms with Crippen molar-refractivity contribution in [2.45, 2.75) is 31.7 Å². The lowest BCUT2D eigenvalue weighted by molar-refractivity contribution is -0.0516. The standard InChI is InChI=1S/C20H19F2NO4/c21-19(22)26-17-7-6-15(16-11-20(27-23-16)8-9-24-13-20)10-18(17)25-12-14-4-2-1-3-5-14/h1-7,10,19H,8-9,11-13H2. The molecule has 2 heterocycles. The Kier molecular flexibility index (Phi) is 4.94. The Hall–Kier alpha value is -2.67. The van der Waals surface area contributed by atoms with Gasteiger partial charge in [-0.25, -0.2) is 0 Å². The largest absolute Gasteiger partial charge is 0.485 e. The maximum Gasteiger partial charge on any atom is 0.387 e. The van der Waals surface area contributed by atoms with Crippen molar-refractivity contribution in [3.8, 4) is 11.5 Å². The summed E-state index contributed by atoms with van der Waals surface area (Å²) in [7, 11) is 0. The zero-order chi connectivity index (χ0) is 18.7. The summed E-state index contributed by atoms with van der Waals surface area (Å²) in [6.07, 6.45) is 1.39. The highest BCUT2D eigenvalue weighted by molar-refractivity contribution is 6.02. The summed E-state index contributed by atoms with van der Waals surface area (Å²) >= 11 is 0. The van der Waals surface area contributed by atoms with Crippen LogP contribution in [0.3, 0.4) is 0 Å². The molecule has 1 saturated heterocycles. The predicted molar refractivity (Wildman–Crippen MR) is 94.3 cm³/mol. The molecule has 142 valence electrons. The van der Waals surface area contributed by atoms with Gasteiger partial charge >= 0.3 is 6.61 Å². The fourth-order valence-corrected chi connectivity index (χ4v) is 3.21. The van der Waals surface area contributed by atoms with Crippen LogP contribution in [0.4, 0.5) is 8.78 Å². The minimum absolute atomic E-state index is 0.0110. The van der Waals surface area contributed by atoms with Gasteiger partial charge in [-0.1, -0.05) is 35.5 Å². The zero-order valence-electron chi connectivity index (χ0n) is 14.6. The first-order chi connectivity index (χ1) is 13.1. The summed E-state index contributed by atoms with van der Waals surface area (Å²) in [6, 6.07) is 14.3. The monoisotopic (exact) mass is 375 g/mol. The Morgan fingerprint density at radius 2 is 1.96 bits per heavy atom. The van der Waals surface area contributed by atoms with Crippen molar-refractivity contribution in [2.75, 3.05) is 13.2 Å². The number of halogens is 2. The number of hydrogen-bond acceptors (Lipinski definition) is 5. The van der Waals surface area contributed by atoms with E-state index in [0.29, 0.717) is 19.6 Å². The van der Waals surface area contributed by atoms with Crippen molar-refractivity contribution < 1.29 is 27.8 Å². The van der Waals surface area contributed by atoms with Gasteiger partial charge in [-0.3, -0.25) is 0 Å². The van der Waals surface area contributed by atoms with Crippen LogP contribution in [0.25, 0.3) is 0 Å². The smallest absolute Gasteiger partial charge is 0.387 e. The van der Waals surface area contributed by atoms with E-state index in [4.69, 9.17) is 14.3 Å². The van der Waals surface area contributed by atoms with Gasteiger partial charge < -0.3 is 19.0 Å². The summed E-state index contributed by atoms with van der Waals surface area (Å²) in [6.45, 7) is -1.54. The lowest BCUT2D eigenvalue weighted by Gasteiger charge is -2.17. The van der Waals surface area contributed by atoms with E-state index >= 15 is 0 Å².